The number of aromatic nitrogens is 2. The van der Waals surface area contributed by atoms with E-state index < -0.39 is 5.91 Å². The predicted molar refractivity (Wildman–Crippen MR) is 112 cm³/mol. The van der Waals surface area contributed by atoms with Gasteiger partial charge < -0.3 is 18.8 Å². The van der Waals surface area contributed by atoms with E-state index in [1.54, 1.807) is 29.2 Å². The first-order valence-electron chi connectivity index (χ1n) is 9.96. The van der Waals surface area contributed by atoms with Gasteiger partial charge in [0.1, 0.15) is 11.5 Å². The van der Waals surface area contributed by atoms with Crippen LogP contribution < -0.4 is 19.7 Å². The molecule has 1 atom stereocenters. The van der Waals surface area contributed by atoms with Crippen molar-refractivity contribution < 1.29 is 23.5 Å². The Hall–Kier alpha value is -3.88. The number of anilines is 2. The van der Waals surface area contributed by atoms with Crippen molar-refractivity contribution in [3.63, 3.8) is 0 Å². The Morgan fingerprint density at radius 3 is 2.52 bits per heavy atom. The third-order valence-electron chi connectivity index (χ3n) is 4.73. The molecule has 0 bridgehead atoms. The van der Waals surface area contributed by atoms with Crippen LogP contribution >= 0.6 is 0 Å². The lowest BCUT2D eigenvalue weighted by Crippen LogP contribution is -2.24. The topological polar surface area (TPSA) is 107 Å². The van der Waals surface area contributed by atoms with Crippen LogP contribution in [0.1, 0.15) is 25.2 Å². The summed E-state index contributed by atoms with van der Waals surface area (Å²) < 4.78 is 16.4. The fraction of sp³-hybridized carbons (Fsp3) is 0.273. The molecule has 9 nitrogen and oxygen atoms in total. The zero-order valence-corrected chi connectivity index (χ0v) is 17.0. The van der Waals surface area contributed by atoms with Gasteiger partial charge in [-0.05, 0) is 43.3 Å². The van der Waals surface area contributed by atoms with Crippen molar-refractivity contribution in [2.45, 2.75) is 19.3 Å². The zero-order valence-electron chi connectivity index (χ0n) is 17.0. The summed E-state index contributed by atoms with van der Waals surface area (Å²) in [6.45, 7) is 2.71. The van der Waals surface area contributed by atoms with Gasteiger partial charge in [0.2, 0.25) is 11.8 Å². The molecule has 3 aromatic rings. The van der Waals surface area contributed by atoms with E-state index in [-0.39, 0.29) is 30.9 Å². The standard InChI is InChI=1S/C22H22N4O5/c1-2-29-17-8-10-18(11-9-17)30-14-19(27)23-22-25-24-21(31-22)15-12-20(28)26(13-15)16-6-4-3-5-7-16/h3-11,15H,2,12-14H2,1H3,(H,23,25,27). The molecule has 2 heterocycles. The van der Waals surface area contributed by atoms with Crippen molar-refractivity contribution in [2.24, 2.45) is 0 Å². The summed E-state index contributed by atoms with van der Waals surface area (Å²) in [5.74, 6) is 0.908. The maximum Gasteiger partial charge on any atom is 0.322 e. The molecule has 1 unspecified atom stereocenters. The number of nitrogens with one attached hydrogen (secondary N) is 1. The third kappa shape index (κ3) is 5.00. The number of nitrogens with zero attached hydrogens (tertiary/aromatic N) is 3. The van der Waals surface area contributed by atoms with Crippen LogP contribution in [0.5, 0.6) is 11.5 Å². The molecular formula is C22H22N4O5. The van der Waals surface area contributed by atoms with E-state index >= 15 is 0 Å². The van der Waals surface area contributed by atoms with Gasteiger partial charge in [-0.2, -0.15) is 0 Å². The summed E-state index contributed by atoms with van der Waals surface area (Å²) in [6, 6.07) is 16.4. The Balaban J connectivity index is 1.30. The minimum atomic E-state index is -0.433. The predicted octanol–water partition coefficient (Wildman–Crippen LogP) is 3.01. The molecule has 1 fully saturated rings. The molecular weight excluding hydrogens is 400 g/mol. The Morgan fingerprint density at radius 2 is 1.81 bits per heavy atom. The van der Waals surface area contributed by atoms with Crippen LogP contribution in [-0.2, 0) is 9.59 Å². The van der Waals surface area contributed by atoms with Crippen LogP contribution in [0, 0.1) is 0 Å². The highest BCUT2D eigenvalue weighted by atomic mass is 16.5. The molecule has 4 rings (SSSR count). The molecule has 1 N–H and O–H groups in total. The molecule has 0 aliphatic carbocycles. The van der Waals surface area contributed by atoms with Gasteiger partial charge in [-0.3, -0.25) is 14.9 Å². The van der Waals surface area contributed by atoms with Gasteiger partial charge in [0.15, 0.2) is 6.61 Å². The number of rotatable bonds is 8. The van der Waals surface area contributed by atoms with E-state index in [0.717, 1.165) is 11.4 Å². The van der Waals surface area contributed by atoms with Crippen molar-refractivity contribution in [3.8, 4) is 11.5 Å². The summed E-state index contributed by atoms with van der Waals surface area (Å²) in [5.41, 5.74) is 0.828. The highest BCUT2D eigenvalue weighted by Gasteiger charge is 2.35. The lowest BCUT2D eigenvalue weighted by atomic mass is 10.1. The minimum Gasteiger partial charge on any atom is -0.494 e. The van der Waals surface area contributed by atoms with Crippen molar-refractivity contribution in [1.29, 1.82) is 0 Å². The molecule has 1 aromatic heterocycles. The number of hydrogen-bond donors (Lipinski definition) is 1. The molecule has 2 aromatic carbocycles. The Bertz CT molecular complexity index is 1040. The van der Waals surface area contributed by atoms with Gasteiger partial charge in [-0.1, -0.05) is 23.3 Å². The molecule has 0 spiro atoms. The van der Waals surface area contributed by atoms with Gasteiger partial charge in [-0.15, -0.1) is 5.10 Å². The fourth-order valence-corrected chi connectivity index (χ4v) is 3.28. The molecule has 0 radical (unpaired) electrons. The number of ether oxygens (including phenoxy) is 2. The SMILES string of the molecule is CCOc1ccc(OCC(=O)Nc2nnc(C3CC(=O)N(c4ccccc4)C3)o2)cc1. The summed E-state index contributed by atoms with van der Waals surface area (Å²) in [6.07, 6.45) is 0.269. The van der Waals surface area contributed by atoms with Crippen LogP contribution in [0.3, 0.4) is 0 Å². The number of amides is 2. The number of hydrogen-bond acceptors (Lipinski definition) is 7. The second kappa shape index (κ2) is 9.29. The van der Waals surface area contributed by atoms with E-state index in [1.807, 2.05) is 37.3 Å². The molecule has 31 heavy (non-hydrogen) atoms. The molecule has 1 aliphatic rings. The van der Waals surface area contributed by atoms with Gasteiger partial charge in [0.25, 0.3) is 5.91 Å². The quantitative estimate of drug-likeness (QED) is 0.595. The van der Waals surface area contributed by atoms with Gasteiger partial charge in [0, 0.05) is 18.7 Å². The molecule has 2 amide bonds. The molecule has 160 valence electrons. The average molecular weight is 422 g/mol. The normalized spacial score (nSPS) is 15.7. The van der Waals surface area contributed by atoms with Crippen LogP contribution in [0.25, 0.3) is 0 Å². The Kier molecular flexibility index (Phi) is 6.11. The van der Waals surface area contributed by atoms with E-state index in [2.05, 4.69) is 15.5 Å². The van der Waals surface area contributed by atoms with E-state index in [1.165, 1.54) is 0 Å². The summed E-state index contributed by atoms with van der Waals surface area (Å²) >= 11 is 0. The van der Waals surface area contributed by atoms with Gasteiger partial charge >= 0.3 is 6.01 Å². The van der Waals surface area contributed by atoms with E-state index in [9.17, 15) is 9.59 Å². The maximum atomic E-state index is 12.4. The smallest absolute Gasteiger partial charge is 0.322 e. The minimum absolute atomic E-state index is 0.0104. The molecule has 0 saturated carbocycles. The van der Waals surface area contributed by atoms with Crippen LogP contribution in [0.15, 0.2) is 59.0 Å². The number of benzene rings is 2. The van der Waals surface area contributed by atoms with Crippen molar-refractivity contribution in [3.05, 3.63) is 60.5 Å². The Morgan fingerprint density at radius 1 is 1.10 bits per heavy atom. The van der Waals surface area contributed by atoms with Crippen molar-refractivity contribution in [2.75, 3.05) is 30.0 Å². The number of carbonyl (C=O) groups is 2. The maximum absolute atomic E-state index is 12.4. The molecule has 1 aliphatic heterocycles. The second-order valence-electron chi connectivity index (χ2n) is 6.93. The van der Waals surface area contributed by atoms with E-state index in [0.29, 0.717) is 24.8 Å². The first-order chi connectivity index (χ1) is 15.1. The monoisotopic (exact) mass is 422 g/mol. The number of carbonyl (C=O) groups excluding carboxylic acids is 2. The largest absolute Gasteiger partial charge is 0.494 e. The van der Waals surface area contributed by atoms with Crippen molar-refractivity contribution in [1.82, 2.24) is 10.2 Å². The van der Waals surface area contributed by atoms with Crippen LogP contribution in [0.2, 0.25) is 0 Å². The lowest BCUT2D eigenvalue weighted by molar-refractivity contribution is -0.118. The first kappa shape index (κ1) is 20.4. The van der Waals surface area contributed by atoms with Crippen LogP contribution in [-0.4, -0.2) is 41.8 Å². The average Bonchev–Trinajstić information content (AvgIpc) is 3.40. The summed E-state index contributed by atoms with van der Waals surface area (Å²) in [7, 11) is 0. The Labute approximate surface area is 179 Å². The van der Waals surface area contributed by atoms with Crippen LogP contribution in [0.4, 0.5) is 11.7 Å². The van der Waals surface area contributed by atoms with Gasteiger partial charge in [0.05, 0.1) is 12.5 Å². The third-order valence-corrected chi connectivity index (χ3v) is 4.73. The fourth-order valence-electron chi connectivity index (χ4n) is 3.28. The highest BCUT2D eigenvalue weighted by Crippen LogP contribution is 2.31. The summed E-state index contributed by atoms with van der Waals surface area (Å²) in [4.78, 5) is 26.2. The molecule has 1 saturated heterocycles. The highest BCUT2D eigenvalue weighted by molar-refractivity contribution is 5.96. The van der Waals surface area contributed by atoms with Crippen molar-refractivity contribution >= 4 is 23.5 Å². The first-order valence-corrected chi connectivity index (χ1v) is 9.96. The van der Waals surface area contributed by atoms with E-state index in [4.69, 9.17) is 13.9 Å². The molecule has 9 heteroatoms. The number of para-hydroxylation sites is 1. The zero-order chi connectivity index (χ0) is 21.6. The van der Waals surface area contributed by atoms with Gasteiger partial charge in [-0.25, -0.2) is 0 Å². The second-order valence-corrected chi connectivity index (χ2v) is 6.93. The lowest BCUT2D eigenvalue weighted by Gasteiger charge is -2.15. The summed E-state index contributed by atoms with van der Waals surface area (Å²) in [5, 5.41) is 10.4.